The molecule has 2 aliphatic rings. The molecule has 1 aromatic rings. The molecule has 0 amide bonds. The van der Waals surface area contributed by atoms with Gasteiger partial charge in [0.1, 0.15) is 0 Å². The van der Waals surface area contributed by atoms with E-state index in [9.17, 15) is 0 Å². The van der Waals surface area contributed by atoms with E-state index in [2.05, 4.69) is 39.0 Å². The van der Waals surface area contributed by atoms with Gasteiger partial charge in [-0.1, -0.05) is 11.4 Å². The summed E-state index contributed by atoms with van der Waals surface area (Å²) in [6.45, 7) is 4.04. The quantitative estimate of drug-likeness (QED) is 0.926. The Hall–Kier alpha value is -0.170. The van der Waals surface area contributed by atoms with Crippen LogP contribution in [0.15, 0.2) is 5.38 Å². The molecule has 0 saturated carbocycles. The molecule has 0 bridgehead atoms. The van der Waals surface area contributed by atoms with Crippen molar-refractivity contribution in [3.8, 4) is 0 Å². The van der Waals surface area contributed by atoms with Crippen molar-refractivity contribution in [1.82, 2.24) is 14.9 Å². The summed E-state index contributed by atoms with van der Waals surface area (Å²) >= 11 is 3.51. The molecular formula is C14H23N3OS2. The van der Waals surface area contributed by atoms with Crippen LogP contribution in [-0.2, 0) is 4.74 Å². The highest BCUT2D eigenvalue weighted by molar-refractivity contribution is 7.99. The molecular weight excluding hydrogens is 290 g/mol. The first-order valence-corrected chi connectivity index (χ1v) is 9.54. The fourth-order valence-electron chi connectivity index (χ4n) is 3.48. The zero-order valence-electron chi connectivity index (χ0n) is 12.0. The van der Waals surface area contributed by atoms with Gasteiger partial charge in [-0.3, -0.25) is 0 Å². The van der Waals surface area contributed by atoms with E-state index >= 15 is 0 Å². The topological polar surface area (TPSA) is 47.0 Å². The molecule has 20 heavy (non-hydrogen) atoms. The van der Waals surface area contributed by atoms with Gasteiger partial charge in [-0.2, -0.15) is 11.8 Å². The van der Waals surface area contributed by atoms with Gasteiger partial charge in [0.05, 0.1) is 17.3 Å². The summed E-state index contributed by atoms with van der Waals surface area (Å²) in [5.41, 5.74) is 1.26. The molecule has 112 valence electrons. The summed E-state index contributed by atoms with van der Waals surface area (Å²) in [6, 6.07) is 0.342. The van der Waals surface area contributed by atoms with Crippen LogP contribution in [-0.4, -0.2) is 39.8 Å². The van der Waals surface area contributed by atoms with Gasteiger partial charge in [-0.05, 0) is 61.2 Å². The van der Waals surface area contributed by atoms with E-state index in [1.54, 1.807) is 0 Å². The number of nitrogens with one attached hydrogen (secondary N) is 1. The third-order valence-electron chi connectivity index (χ3n) is 4.53. The molecule has 2 saturated heterocycles. The third kappa shape index (κ3) is 3.18. The maximum absolute atomic E-state index is 6.21. The molecule has 2 atom stereocenters. The Labute approximate surface area is 129 Å². The third-order valence-corrected chi connectivity index (χ3v) is 6.03. The largest absolute Gasteiger partial charge is 0.375 e. The summed E-state index contributed by atoms with van der Waals surface area (Å²) in [5, 5.41) is 10.0. The minimum atomic E-state index is 0.144. The Bertz CT molecular complexity index is 401. The maximum atomic E-state index is 6.21. The lowest BCUT2D eigenvalue weighted by Crippen LogP contribution is -2.45. The highest BCUT2D eigenvalue weighted by Gasteiger charge is 2.41. The number of rotatable bonds is 4. The molecule has 2 unspecified atom stereocenters. The van der Waals surface area contributed by atoms with Gasteiger partial charge in [0, 0.05) is 12.0 Å². The molecule has 2 fully saturated rings. The average molecular weight is 313 g/mol. The second-order valence-corrected chi connectivity index (χ2v) is 7.60. The molecule has 4 nitrogen and oxygen atoms in total. The fraction of sp³-hybridized carbons (Fsp3) is 0.857. The average Bonchev–Trinajstić information content (AvgIpc) is 2.99. The maximum Gasteiger partial charge on any atom is 0.0927 e. The lowest BCUT2D eigenvalue weighted by atomic mass is 9.78. The normalized spacial score (nSPS) is 27.6. The van der Waals surface area contributed by atoms with Gasteiger partial charge >= 0.3 is 0 Å². The zero-order chi connectivity index (χ0) is 13.8. The first kappa shape index (κ1) is 14.8. The van der Waals surface area contributed by atoms with Crippen molar-refractivity contribution in [2.24, 2.45) is 5.92 Å². The highest BCUT2D eigenvalue weighted by Crippen LogP contribution is 2.43. The first-order valence-electron chi connectivity index (χ1n) is 7.55. The minimum absolute atomic E-state index is 0.144. The van der Waals surface area contributed by atoms with Crippen LogP contribution >= 0.6 is 23.3 Å². The Balaban J connectivity index is 1.73. The van der Waals surface area contributed by atoms with E-state index in [0.29, 0.717) is 12.0 Å². The summed E-state index contributed by atoms with van der Waals surface area (Å²) < 4.78 is 10.2. The number of aromatic nitrogens is 2. The Kier molecular flexibility index (Phi) is 4.96. The summed E-state index contributed by atoms with van der Waals surface area (Å²) in [6.07, 6.45) is 4.72. The van der Waals surface area contributed by atoms with E-state index in [1.807, 2.05) is 0 Å². The predicted octanol–water partition coefficient (Wildman–Crippen LogP) is 2.88. The van der Waals surface area contributed by atoms with E-state index in [1.165, 1.54) is 42.3 Å². The summed E-state index contributed by atoms with van der Waals surface area (Å²) in [7, 11) is 0. The molecule has 2 aliphatic heterocycles. The van der Waals surface area contributed by atoms with Crippen LogP contribution in [0, 0.1) is 5.92 Å². The predicted molar refractivity (Wildman–Crippen MR) is 84.3 cm³/mol. The summed E-state index contributed by atoms with van der Waals surface area (Å²) in [5.74, 6) is 3.11. The van der Waals surface area contributed by atoms with Crippen LogP contribution in [0.5, 0.6) is 0 Å². The van der Waals surface area contributed by atoms with Crippen LogP contribution in [0.3, 0.4) is 0 Å². The lowest BCUT2D eigenvalue weighted by Gasteiger charge is -2.45. The number of ether oxygens (including phenoxy) is 1. The Morgan fingerprint density at radius 1 is 1.50 bits per heavy atom. The van der Waals surface area contributed by atoms with E-state index < -0.39 is 0 Å². The van der Waals surface area contributed by atoms with Crippen molar-refractivity contribution in [2.75, 3.05) is 24.7 Å². The van der Waals surface area contributed by atoms with Crippen LogP contribution < -0.4 is 5.32 Å². The molecule has 1 aromatic heterocycles. The number of hydrogen-bond acceptors (Lipinski definition) is 6. The van der Waals surface area contributed by atoms with Crippen LogP contribution in [0.4, 0.5) is 0 Å². The Morgan fingerprint density at radius 3 is 3.05 bits per heavy atom. The van der Waals surface area contributed by atoms with Gasteiger partial charge < -0.3 is 10.1 Å². The van der Waals surface area contributed by atoms with Gasteiger partial charge in [0.15, 0.2) is 0 Å². The van der Waals surface area contributed by atoms with Gasteiger partial charge in [-0.25, -0.2) is 0 Å². The van der Waals surface area contributed by atoms with E-state index in [4.69, 9.17) is 4.74 Å². The van der Waals surface area contributed by atoms with Gasteiger partial charge in [-0.15, -0.1) is 5.10 Å². The lowest BCUT2D eigenvalue weighted by molar-refractivity contribution is -0.107. The molecule has 3 rings (SSSR count). The first-order chi connectivity index (χ1) is 9.83. The van der Waals surface area contributed by atoms with Crippen LogP contribution in [0.25, 0.3) is 0 Å². The van der Waals surface area contributed by atoms with Crippen molar-refractivity contribution >= 4 is 23.3 Å². The highest BCUT2D eigenvalue weighted by atomic mass is 32.2. The fourth-order valence-corrected chi connectivity index (χ4v) is 5.21. The van der Waals surface area contributed by atoms with E-state index in [0.717, 1.165) is 25.3 Å². The van der Waals surface area contributed by atoms with Crippen molar-refractivity contribution in [3.63, 3.8) is 0 Å². The monoisotopic (exact) mass is 313 g/mol. The number of thioether (sulfide) groups is 1. The van der Waals surface area contributed by atoms with Gasteiger partial charge in [0.25, 0.3) is 0 Å². The van der Waals surface area contributed by atoms with E-state index in [-0.39, 0.29) is 5.60 Å². The van der Waals surface area contributed by atoms with Crippen molar-refractivity contribution in [1.29, 1.82) is 0 Å². The second-order valence-electron chi connectivity index (χ2n) is 5.76. The Morgan fingerprint density at radius 2 is 2.35 bits per heavy atom. The van der Waals surface area contributed by atoms with Crippen molar-refractivity contribution in [3.05, 3.63) is 11.1 Å². The molecule has 0 aromatic carbocycles. The molecule has 0 aliphatic carbocycles. The van der Waals surface area contributed by atoms with Crippen molar-refractivity contribution < 1.29 is 4.74 Å². The SMILES string of the molecule is CCNC(c1csnn1)C1CCOC2(CCSCC2)C1. The standard InChI is InChI=1S/C14H23N3OS2/c1-2-15-13(12-10-20-17-16-12)11-3-6-18-14(9-11)4-7-19-8-5-14/h10-11,13,15H,2-9H2,1H3. The molecule has 1 spiro atoms. The zero-order valence-corrected chi connectivity index (χ0v) is 13.6. The molecule has 3 heterocycles. The van der Waals surface area contributed by atoms with Crippen LogP contribution in [0.2, 0.25) is 0 Å². The number of nitrogens with zero attached hydrogens (tertiary/aromatic N) is 2. The minimum Gasteiger partial charge on any atom is -0.375 e. The molecule has 0 radical (unpaired) electrons. The number of hydrogen-bond donors (Lipinski definition) is 1. The molecule has 1 N–H and O–H groups in total. The van der Waals surface area contributed by atoms with Crippen LogP contribution in [0.1, 0.15) is 44.3 Å². The summed E-state index contributed by atoms with van der Waals surface area (Å²) in [4.78, 5) is 0. The van der Waals surface area contributed by atoms with Gasteiger partial charge in [0.2, 0.25) is 0 Å². The van der Waals surface area contributed by atoms with Crippen molar-refractivity contribution in [2.45, 2.75) is 44.2 Å². The molecule has 6 heteroatoms. The second kappa shape index (κ2) is 6.73. The smallest absolute Gasteiger partial charge is 0.0927 e.